The number of thiazole rings is 1. The van der Waals surface area contributed by atoms with Crippen molar-refractivity contribution in [3.8, 4) is 0 Å². The van der Waals surface area contributed by atoms with Gasteiger partial charge in [0, 0.05) is 42.5 Å². The Bertz CT molecular complexity index is 407. The monoisotopic (exact) mass is 222 g/mol. The Morgan fingerprint density at radius 2 is 2.40 bits per heavy atom. The fourth-order valence-corrected chi connectivity index (χ4v) is 1.91. The molecule has 2 heterocycles. The van der Waals surface area contributed by atoms with E-state index in [9.17, 15) is 0 Å². The van der Waals surface area contributed by atoms with Gasteiger partial charge in [-0.15, -0.1) is 11.3 Å². The van der Waals surface area contributed by atoms with Crippen LogP contribution in [-0.2, 0) is 13.6 Å². The van der Waals surface area contributed by atoms with E-state index in [2.05, 4.69) is 22.3 Å². The molecule has 0 aliphatic heterocycles. The summed E-state index contributed by atoms with van der Waals surface area (Å²) in [4.78, 5) is 5.29. The molecule has 15 heavy (non-hydrogen) atoms. The molecule has 2 aromatic rings. The van der Waals surface area contributed by atoms with Crippen LogP contribution in [0.2, 0.25) is 0 Å². The SMILES string of the molecule is CC(NCc1cncs1)c1cnn(C)c1. The third-order valence-electron chi connectivity index (χ3n) is 2.29. The average molecular weight is 222 g/mol. The Labute approximate surface area is 93.0 Å². The zero-order chi connectivity index (χ0) is 10.7. The van der Waals surface area contributed by atoms with Gasteiger partial charge in [0.15, 0.2) is 0 Å². The van der Waals surface area contributed by atoms with Gasteiger partial charge in [-0.1, -0.05) is 0 Å². The lowest BCUT2D eigenvalue weighted by Crippen LogP contribution is -2.16. The third kappa shape index (κ3) is 2.64. The quantitative estimate of drug-likeness (QED) is 0.856. The lowest BCUT2D eigenvalue weighted by molar-refractivity contribution is 0.578. The zero-order valence-electron chi connectivity index (χ0n) is 8.84. The first-order valence-corrected chi connectivity index (χ1v) is 5.73. The van der Waals surface area contributed by atoms with Crippen molar-refractivity contribution in [3.05, 3.63) is 34.5 Å². The van der Waals surface area contributed by atoms with Gasteiger partial charge in [0.1, 0.15) is 0 Å². The lowest BCUT2D eigenvalue weighted by Gasteiger charge is -2.10. The first-order chi connectivity index (χ1) is 7.25. The Morgan fingerprint density at radius 3 is 3.00 bits per heavy atom. The topological polar surface area (TPSA) is 42.7 Å². The Morgan fingerprint density at radius 1 is 1.53 bits per heavy atom. The van der Waals surface area contributed by atoms with Crippen molar-refractivity contribution < 1.29 is 0 Å². The van der Waals surface area contributed by atoms with Gasteiger partial charge in [-0.05, 0) is 6.92 Å². The van der Waals surface area contributed by atoms with Crippen LogP contribution in [0.15, 0.2) is 24.1 Å². The van der Waals surface area contributed by atoms with Gasteiger partial charge < -0.3 is 5.32 Å². The van der Waals surface area contributed by atoms with E-state index in [1.807, 2.05) is 35.8 Å². The zero-order valence-corrected chi connectivity index (χ0v) is 9.66. The van der Waals surface area contributed by atoms with E-state index in [0.717, 1.165) is 6.54 Å². The van der Waals surface area contributed by atoms with Gasteiger partial charge in [-0.2, -0.15) is 5.10 Å². The molecule has 2 rings (SSSR count). The lowest BCUT2D eigenvalue weighted by atomic mass is 10.2. The van der Waals surface area contributed by atoms with Crippen LogP contribution in [0.3, 0.4) is 0 Å². The van der Waals surface area contributed by atoms with Crippen molar-refractivity contribution >= 4 is 11.3 Å². The molecule has 0 aromatic carbocycles. The number of aryl methyl sites for hydroxylation is 1. The largest absolute Gasteiger partial charge is 0.305 e. The predicted octanol–water partition coefficient (Wildman–Crippen LogP) is 1.73. The second-order valence-corrected chi connectivity index (χ2v) is 4.49. The third-order valence-corrected chi connectivity index (χ3v) is 3.07. The number of nitrogens with zero attached hydrogens (tertiary/aromatic N) is 3. The summed E-state index contributed by atoms with van der Waals surface area (Å²) >= 11 is 1.67. The summed E-state index contributed by atoms with van der Waals surface area (Å²) in [6.45, 7) is 3.00. The Kier molecular flexibility index (Phi) is 3.13. The summed E-state index contributed by atoms with van der Waals surface area (Å²) < 4.78 is 1.82. The van der Waals surface area contributed by atoms with Crippen molar-refractivity contribution in [2.24, 2.45) is 7.05 Å². The van der Waals surface area contributed by atoms with E-state index in [1.165, 1.54) is 10.4 Å². The molecule has 1 atom stereocenters. The van der Waals surface area contributed by atoms with Crippen molar-refractivity contribution in [3.63, 3.8) is 0 Å². The first-order valence-electron chi connectivity index (χ1n) is 4.85. The highest BCUT2D eigenvalue weighted by atomic mass is 32.1. The molecule has 0 bridgehead atoms. The van der Waals surface area contributed by atoms with Gasteiger partial charge in [-0.25, -0.2) is 0 Å². The van der Waals surface area contributed by atoms with Gasteiger partial charge in [0.25, 0.3) is 0 Å². The fraction of sp³-hybridized carbons (Fsp3) is 0.400. The van der Waals surface area contributed by atoms with E-state index in [0.29, 0.717) is 6.04 Å². The number of hydrogen-bond donors (Lipinski definition) is 1. The molecular formula is C10H14N4S. The molecule has 2 aromatic heterocycles. The molecule has 1 N–H and O–H groups in total. The highest BCUT2D eigenvalue weighted by molar-refractivity contribution is 7.09. The van der Waals surface area contributed by atoms with E-state index in [-0.39, 0.29) is 0 Å². The molecule has 0 fully saturated rings. The highest BCUT2D eigenvalue weighted by Crippen LogP contribution is 2.12. The van der Waals surface area contributed by atoms with Crippen LogP contribution in [0, 0.1) is 0 Å². The van der Waals surface area contributed by atoms with Crippen LogP contribution >= 0.6 is 11.3 Å². The maximum Gasteiger partial charge on any atom is 0.0794 e. The maximum absolute atomic E-state index is 4.15. The summed E-state index contributed by atoms with van der Waals surface area (Å²) in [5.74, 6) is 0. The summed E-state index contributed by atoms with van der Waals surface area (Å²) in [6.07, 6.45) is 5.82. The van der Waals surface area contributed by atoms with Crippen molar-refractivity contribution in [1.29, 1.82) is 0 Å². The molecule has 0 aliphatic rings. The summed E-state index contributed by atoms with van der Waals surface area (Å²) in [5, 5.41) is 7.58. The summed E-state index contributed by atoms with van der Waals surface area (Å²) in [6, 6.07) is 0.320. The standard InChI is InChI=1S/C10H14N4S/c1-8(9-3-13-14(2)6-9)12-5-10-4-11-7-15-10/h3-4,6-8,12H,5H2,1-2H3. The van der Waals surface area contributed by atoms with Crippen molar-refractivity contribution in [2.75, 3.05) is 0 Å². The molecule has 80 valence electrons. The maximum atomic E-state index is 4.15. The van der Waals surface area contributed by atoms with Crippen LogP contribution in [0.25, 0.3) is 0 Å². The molecule has 1 unspecified atom stereocenters. The summed E-state index contributed by atoms with van der Waals surface area (Å²) in [7, 11) is 1.93. The number of hydrogen-bond acceptors (Lipinski definition) is 4. The highest BCUT2D eigenvalue weighted by Gasteiger charge is 2.06. The van der Waals surface area contributed by atoms with Crippen LogP contribution < -0.4 is 5.32 Å². The van der Waals surface area contributed by atoms with Gasteiger partial charge in [0.05, 0.1) is 11.7 Å². The van der Waals surface area contributed by atoms with Crippen LogP contribution in [0.1, 0.15) is 23.4 Å². The molecule has 0 saturated carbocycles. The number of aromatic nitrogens is 3. The number of nitrogens with one attached hydrogen (secondary N) is 1. The second kappa shape index (κ2) is 4.55. The molecule has 0 saturated heterocycles. The molecule has 0 spiro atoms. The van der Waals surface area contributed by atoms with Gasteiger partial charge >= 0.3 is 0 Å². The average Bonchev–Trinajstić information content (AvgIpc) is 2.84. The minimum atomic E-state index is 0.320. The van der Waals surface area contributed by atoms with E-state index in [4.69, 9.17) is 0 Å². The second-order valence-electron chi connectivity index (χ2n) is 3.52. The minimum absolute atomic E-state index is 0.320. The van der Waals surface area contributed by atoms with E-state index in [1.54, 1.807) is 11.3 Å². The van der Waals surface area contributed by atoms with Crippen molar-refractivity contribution in [2.45, 2.75) is 19.5 Å². The van der Waals surface area contributed by atoms with Crippen LogP contribution in [-0.4, -0.2) is 14.8 Å². The molecular weight excluding hydrogens is 208 g/mol. The van der Waals surface area contributed by atoms with E-state index >= 15 is 0 Å². The smallest absolute Gasteiger partial charge is 0.0794 e. The van der Waals surface area contributed by atoms with Crippen LogP contribution in [0.4, 0.5) is 0 Å². The van der Waals surface area contributed by atoms with E-state index < -0.39 is 0 Å². The molecule has 4 nitrogen and oxygen atoms in total. The van der Waals surface area contributed by atoms with Crippen molar-refractivity contribution in [1.82, 2.24) is 20.1 Å². The normalized spacial score (nSPS) is 12.9. The predicted molar refractivity (Wildman–Crippen MR) is 60.6 cm³/mol. The van der Waals surface area contributed by atoms with Gasteiger partial charge in [-0.3, -0.25) is 9.67 Å². The Balaban J connectivity index is 1.90. The first kappa shape index (κ1) is 10.3. The summed E-state index contributed by atoms with van der Waals surface area (Å²) in [5.41, 5.74) is 3.06. The molecule has 0 radical (unpaired) electrons. The van der Waals surface area contributed by atoms with Gasteiger partial charge in [0.2, 0.25) is 0 Å². The molecule has 0 aliphatic carbocycles. The minimum Gasteiger partial charge on any atom is -0.305 e. The number of rotatable bonds is 4. The molecule has 5 heteroatoms. The fourth-order valence-electron chi connectivity index (χ4n) is 1.36. The Hall–Kier alpha value is -1.20. The van der Waals surface area contributed by atoms with Crippen LogP contribution in [0.5, 0.6) is 0 Å². The molecule has 0 amide bonds.